The molecule has 1 aliphatic rings. The van der Waals surface area contributed by atoms with Crippen LogP contribution in [0.1, 0.15) is 36.8 Å². The van der Waals surface area contributed by atoms with Crippen LogP contribution in [-0.2, 0) is 16.6 Å². The molecule has 0 spiro atoms. The molecular formula is C20H21F2NO. The number of hydrogen-bond acceptors (Lipinski definition) is 1. The van der Waals surface area contributed by atoms with Gasteiger partial charge in [-0.1, -0.05) is 49.2 Å². The van der Waals surface area contributed by atoms with Crippen LogP contribution in [0.5, 0.6) is 0 Å². The second-order valence-corrected chi connectivity index (χ2v) is 6.36. The molecule has 126 valence electrons. The van der Waals surface area contributed by atoms with Gasteiger partial charge in [-0.25, -0.2) is 8.78 Å². The van der Waals surface area contributed by atoms with Crippen molar-refractivity contribution in [1.82, 2.24) is 5.32 Å². The van der Waals surface area contributed by atoms with Crippen LogP contribution in [0.4, 0.5) is 8.78 Å². The van der Waals surface area contributed by atoms with Gasteiger partial charge in [0.25, 0.3) is 0 Å². The van der Waals surface area contributed by atoms with Crippen LogP contribution in [0, 0.1) is 11.6 Å². The Morgan fingerprint density at radius 2 is 1.58 bits per heavy atom. The van der Waals surface area contributed by atoms with Crippen LogP contribution in [0.25, 0.3) is 0 Å². The standard InChI is InChI=1S/C20H21F2NO/c21-17-9-6-10-18(22)16(17)11-14-23-19(24)20(12-4-5-13-20)15-7-2-1-3-8-15/h1-3,6-10H,4-5,11-14H2,(H,23,24). The maximum absolute atomic E-state index is 13.7. The Kier molecular flexibility index (Phi) is 4.93. The first-order chi connectivity index (χ1) is 11.6. The molecule has 2 aromatic carbocycles. The minimum absolute atomic E-state index is 0.0259. The van der Waals surface area contributed by atoms with Gasteiger partial charge < -0.3 is 5.32 Å². The quantitative estimate of drug-likeness (QED) is 0.878. The molecule has 2 nitrogen and oxygen atoms in total. The molecule has 1 fully saturated rings. The van der Waals surface area contributed by atoms with Crippen molar-refractivity contribution in [1.29, 1.82) is 0 Å². The third-order valence-electron chi connectivity index (χ3n) is 4.94. The molecule has 0 unspecified atom stereocenters. The lowest BCUT2D eigenvalue weighted by molar-refractivity contribution is -0.126. The highest BCUT2D eigenvalue weighted by atomic mass is 19.1. The summed E-state index contributed by atoms with van der Waals surface area (Å²) in [5.41, 5.74) is 0.546. The van der Waals surface area contributed by atoms with E-state index in [4.69, 9.17) is 0 Å². The number of hydrogen-bond donors (Lipinski definition) is 1. The minimum atomic E-state index is -0.567. The summed E-state index contributed by atoms with van der Waals surface area (Å²) < 4.78 is 27.3. The number of nitrogens with one attached hydrogen (secondary N) is 1. The molecule has 0 aliphatic heterocycles. The van der Waals surface area contributed by atoms with E-state index in [-0.39, 0.29) is 24.4 Å². The van der Waals surface area contributed by atoms with Crippen LogP contribution in [-0.4, -0.2) is 12.5 Å². The van der Waals surface area contributed by atoms with E-state index in [1.807, 2.05) is 30.3 Å². The first-order valence-electron chi connectivity index (χ1n) is 8.40. The van der Waals surface area contributed by atoms with E-state index in [0.29, 0.717) is 0 Å². The number of amides is 1. The molecule has 0 atom stereocenters. The molecule has 1 amide bonds. The average Bonchev–Trinajstić information content (AvgIpc) is 3.09. The summed E-state index contributed by atoms with van der Waals surface area (Å²) >= 11 is 0. The van der Waals surface area contributed by atoms with Gasteiger partial charge >= 0.3 is 0 Å². The number of carbonyl (C=O) groups excluding carboxylic acids is 1. The second-order valence-electron chi connectivity index (χ2n) is 6.36. The first-order valence-corrected chi connectivity index (χ1v) is 8.40. The molecule has 2 aromatic rings. The van der Waals surface area contributed by atoms with E-state index < -0.39 is 17.0 Å². The van der Waals surface area contributed by atoms with Crippen molar-refractivity contribution >= 4 is 5.91 Å². The highest BCUT2D eigenvalue weighted by molar-refractivity contribution is 5.88. The van der Waals surface area contributed by atoms with Gasteiger partial charge in [-0.05, 0) is 37.0 Å². The molecule has 0 heterocycles. The summed E-state index contributed by atoms with van der Waals surface area (Å²) in [6.45, 7) is 0.227. The lowest BCUT2D eigenvalue weighted by Crippen LogP contribution is -2.43. The van der Waals surface area contributed by atoms with Gasteiger partial charge in [0.15, 0.2) is 0 Å². The van der Waals surface area contributed by atoms with Crippen molar-refractivity contribution in [2.75, 3.05) is 6.54 Å². The molecule has 0 bridgehead atoms. The Bertz CT molecular complexity index is 689. The zero-order chi connectivity index (χ0) is 17.0. The van der Waals surface area contributed by atoms with Crippen molar-refractivity contribution < 1.29 is 13.6 Å². The monoisotopic (exact) mass is 329 g/mol. The van der Waals surface area contributed by atoms with Gasteiger partial charge in [0, 0.05) is 12.1 Å². The fourth-order valence-electron chi connectivity index (χ4n) is 3.62. The van der Waals surface area contributed by atoms with Crippen molar-refractivity contribution in [2.24, 2.45) is 0 Å². The topological polar surface area (TPSA) is 29.1 Å². The van der Waals surface area contributed by atoms with Gasteiger partial charge in [-0.2, -0.15) is 0 Å². The molecule has 0 saturated heterocycles. The van der Waals surface area contributed by atoms with Gasteiger partial charge in [0.1, 0.15) is 11.6 Å². The summed E-state index contributed by atoms with van der Waals surface area (Å²) in [6.07, 6.45) is 3.82. The van der Waals surface area contributed by atoms with Gasteiger partial charge in [0.05, 0.1) is 5.41 Å². The minimum Gasteiger partial charge on any atom is -0.355 e. The zero-order valence-electron chi connectivity index (χ0n) is 13.5. The highest BCUT2D eigenvalue weighted by Crippen LogP contribution is 2.41. The van der Waals surface area contributed by atoms with Crippen LogP contribution < -0.4 is 5.32 Å². The largest absolute Gasteiger partial charge is 0.355 e. The molecule has 1 N–H and O–H groups in total. The van der Waals surface area contributed by atoms with Crippen molar-refractivity contribution in [3.63, 3.8) is 0 Å². The van der Waals surface area contributed by atoms with Gasteiger partial charge in [0.2, 0.25) is 5.91 Å². The van der Waals surface area contributed by atoms with Crippen LogP contribution in [0.2, 0.25) is 0 Å². The average molecular weight is 329 g/mol. The molecule has 4 heteroatoms. The highest BCUT2D eigenvalue weighted by Gasteiger charge is 2.42. The zero-order valence-corrected chi connectivity index (χ0v) is 13.5. The fraction of sp³-hybridized carbons (Fsp3) is 0.350. The van der Waals surface area contributed by atoms with Crippen molar-refractivity contribution in [3.05, 3.63) is 71.3 Å². The molecule has 0 aromatic heterocycles. The Balaban J connectivity index is 1.69. The molecule has 24 heavy (non-hydrogen) atoms. The van der Waals surface area contributed by atoms with Crippen LogP contribution in [0.3, 0.4) is 0 Å². The van der Waals surface area contributed by atoms with E-state index >= 15 is 0 Å². The predicted octanol–water partition coefficient (Wildman–Crippen LogP) is 4.14. The summed E-state index contributed by atoms with van der Waals surface area (Å²) in [7, 11) is 0. The Hall–Kier alpha value is -2.23. The lowest BCUT2D eigenvalue weighted by Gasteiger charge is -2.28. The summed E-state index contributed by atoms with van der Waals surface area (Å²) in [5, 5.41) is 2.89. The van der Waals surface area contributed by atoms with E-state index in [2.05, 4.69) is 5.32 Å². The number of halogens is 2. The number of benzene rings is 2. The fourth-order valence-corrected chi connectivity index (χ4v) is 3.62. The van der Waals surface area contributed by atoms with E-state index in [9.17, 15) is 13.6 Å². The van der Waals surface area contributed by atoms with Crippen molar-refractivity contribution in [3.8, 4) is 0 Å². The second kappa shape index (κ2) is 7.12. The molecule has 0 radical (unpaired) electrons. The summed E-state index contributed by atoms with van der Waals surface area (Å²) in [5.74, 6) is -1.17. The number of carbonyl (C=O) groups is 1. The SMILES string of the molecule is O=C(NCCc1c(F)cccc1F)C1(c2ccccc2)CCCC1. The van der Waals surface area contributed by atoms with E-state index in [1.54, 1.807) is 0 Å². The van der Waals surface area contributed by atoms with E-state index in [1.165, 1.54) is 18.2 Å². The van der Waals surface area contributed by atoms with Crippen LogP contribution in [0.15, 0.2) is 48.5 Å². The summed E-state index contributed by atoms with van der Waals surface area (Å²) in [6, 6.07) is 13.6. The Morgan fingerprint density at radius 1 is 0.958 bits per heavy atom. The number of rotatable bonds is 5. The normalized spacial score (nSPS) is 16.1. The third-order valence-corrected chi connectivity index (χ3v) is 4.94. The molecule has 3 rings (SSSR count). The smallest absolute Gasteiger partial charge is 0.230 e. The molecule has 1 saturated carbocycles. The third kappa shape index (κ3) is 3.18. The molecular weight excluding hydrogens is 308 g/mol. The van der Waals surface area contributed by atoms with Gasteiger partial charge in [-0.3, -0.25) is 4.79 Å². The maximum Gasteiger partial charge on any atom is 0.230 e. The first kappa shape index (κ1) is 16.6. The van der Waals surface area contributed by atoms with Crippen LogP contribution >= 0.6 is 0 Å². The predicted molar refractivity (Wildman–Crippen MR) is 89.7 cm³/mol. The van der Waals surface area contributed by atoms with E-state index in [0.717, 1.165) is 31.2 Å². The maximum atomic E-state index is 13.7. The van der Waals surface area contributed by atoms with Crippen molar-refractivity contribution in [2.45, 2.75) is 37.5 Å². The lowest BCUT2D eigenvalue weighted by atomic mass is 9.78. The van der Waals surface area contributed by atoms with Gasteiger partial charge in [-0.15, -0.1) is 0 Å². The summed E-state index contributed by atoms with van der Waals surface area (Å²) in [4.78, 5) is 12.8. The Labute approximate surface area is 140 Å². The Morgan fingerprint density at radius 3 is 2.21 bits per heavy atom. The molecule has 1 aliphatic carbocycles.